The van der Waals surface area contributed by atoms with E-state index in [0.29, 0.717) is 61.7 Å². The number of aliphatic carboxylic acids is 1. The molecule has 4 fully saturated rings. The first-order chi connectivity index (χ1) is 43.1. The Bertz CT molecular complexity index is 3520. The molecule has 4 aromatic carbocycles. The maximum Gasteiger partial charge on any atom is 0.326 e. The van der Waals surface area contributed by atoms with Crippen molar-refractivity contribution in [2.75, 3.05) is 54.4 Å². The van der Waals surface area contributed by atoms with Gasteiger partial charge < -0.3 is 54.9 Å². The number of carbonyl (C=O) groups is 4. The van der Waals surface area contributed by atoms with Gasteiger partial charge in [0.15, 0.2) is 10.3 Å². The summed E-state index contributed by atoms with van der Waals surface area (Å²) >= 11 is 27.8. The number of carbonyl (C=O) groups excluding carboxylic acids is 3. The van der Waals surface area contributed by atoms with Crippen molar-refractivity contribution < 1.29 is 34.5 Å². The molecule has 12 atom stereocenters. The zero-order chi connectivity index (χ0) is 65.9. The lowest BCUT2D eigenvalue weighted by Gasteiger charge is -2.37. The Balaban J connectivity index is 0.000000178. The number of fused-ring (bicyclic) bond motifs is 2. The molecular weight excluding hydrogens is 1270 g/mol. The number of hydrogen-bond acceptors (Lipinski definition) is 15. The number of carboxylic acids is 1. The highest BCUT2D eigenvalue weighted by atomic mass is 35.5. The Hall–Kier alpha value is -5.16. The number of aliphatic hydroxyl groups excluding tert-OH is 2. The second-order valence-electron chi connectivity index (χ2n) is 26.4. The summed E-state index contributed by atoms with van der Waals surface area (Å²) in [4.78, 5) is 79.7. The summed E-state index contributed by atoms with van der Waals surface area (Å²) in [5.74, 6) is -1.39. The minimum Gasteiger partial charge on any atom is -0.480 e. The van der Waals surface area contributed by atoms with Gasteiger partial charge in [-0.25, -0.2) is 14.8 Å². The second kappa shape index (κ2) is 27.7. The van der Waals surface area contributed by atoms with Gasteiger partial charge in [-0.1, -0.05) is 123 Å². The van der Waals surface area contributed by atoms with Gasteiger partial charge in [-0.05, 0) is 188 Å². The van der Waals surface area contributed by atoms with Gasteiger partial charge in [0.05, 0.1) is 30.3 Å². The summed E-state index contributed by atoms with van der Waals surface area (Å²) in [5.41, 5.74) is 4.56. The van der Waals surface area contributed by atoms with E-state index in [0.717, 1.165) is 63.5 Å². The average molecular weight is 1360 g/mol. The van der Waals surface area contributed by atoms with Crippen LogP contribution in [0.15, 0.2) is 128 Å². The fourth-order valence-corrected chi connectivity index (χ4v) is 17.6. The van der Waals surface area contributed by atoms with Crippen LogP contribution in [-0.4, -0.2) is 186 Å². The molecular formula is C68H84Cl4N10O7S2. The number of aliphatic imine (C=N–C) groups is 2. The Kier molecular flexibility index (Phi) is 20.9. The summed E-state index contributed by atoms with van der Waals surface area (Å²) in [6.45, 7) is 18.9. The normalized spacial score (nSPS) is 29.4. The monoisotopic (exact) mass is 1360 g/mol. The third-order valence-corrected chi connectivity index (χ3v) is 22.3. The number of nitrogens with zero attached hydrogens (tertiary/aromatic N) is 9. The lowest BCUT2D eigenvalue weighted by atomic mass is 9.81. The topological polar surface area (TPSA) is 188 Å². The Morgan fingerprint density at radius 3 is 1.29 bits per heavy atom. The number of likely N-dealkylation sites (tertiary alicyclic amines) is 3. The lowest BCUT2D eigenvalue weighted by molar-refractivity contribution is -0.147. The molecule has 23 heteroatoms. The highest BCUT2D eigenvalue weighted by Gasteiger charge is 2.57. The van der Waals surface area contributed by atoms with Crippen molar-refractivity contribution >= 4 is 104 Å². The van der Waals surface area contributed by atoms with Crippen molar-refractivity contribution in [2.24, 2.45) is 21.8 Å². The van der Waals surface area contributed by atoms with Crippen LogP contribution in [-0.2, 0) is 30.3 Å². The van der Waals surface area contributed by atoms with Crippen LogP contribution in [0, 0.1) is 11.8 Å². The first-order valence-corrected chi connectivity index (χ1v) is 34.4. The van der Waals surface area contributed by atoms with Crippen molar-refractivity contribution in [2.45, 2.75) is 153 Å². The number of β-amino-alcohol motifs (C(OH)–C–C–N with tert-alkyl or cyclic N) is 2. The molecule has 0 aromatic heterocycles. The molecule has 0 spiro atoms. The van der Waals surface area contributed by atoms with Gasteiger partial charge in [0.2, 0.25) is 5.91 Å². The van der Waals surface area contributed by atoms with Gasteiger partial charge in [0.1, 0.15) is 33.0 Å². The number of benzene rings is 4. The standard InChI is InChI=1S/C34H41Cl2N5O3S.C28H29Cl2N3O3S.C6H14N2O/c1-19(2)28-29(32(44)40-20(3)7-16-25(40)31(43)39-17-26(38(5)6)27(42)18-39)45-33-37-34(4,22-10-14-24(36)15-11-22)30(41(28)33)21-8-12-23(35)13-9-21;1-15(2)22-23(25(34)32-16(3)5-14-21(32)26(35)36)37-27-31-28(4,18-8-12-20(30)13-9-18)24(33(22)27)17-6-10-19(29)11-7-17;1-8(2)5-3-7-4-6(5)9/h8-15,19-20,25-27,30,42H,7,16-18H2,1-6H3;6-13,15-16,21,24H,5,14H2,1-4H3,(H,35,36);5-7,9H,3-4H2,1-2H3/t20-,25+,26-,27-,30-,34+;16-,21+,24-,28+;5-,6-/m111/s1. The number of rotatable bonds is 12. The van der Waals surface area contributed by atoms with Gasteiger partial charge in [0, 0.05) is 75.8 Å². The zero-order valence-corrected chi connectivity index (χ0v) is 58.3. The minimum absolute atomic E-state index is 0.00250. The number of amides is 3. The molecule has 4 aromatic rings. The maximum atomic E-state index is 14.6. The first kappa shape index (κ1) is 68.7. The second-order valence-corrected chi connectivity index (χ2v) is 30.1. The van der Waals surface area contributed by atoms with Gasteiger partial charge in [0.25, 0.3) is 11.8 Å². The number of nitrogens with one attached hydrogen (secondary N) is 1. The number of likely N-dealkylation sites (N-methyl/N-ethyl adjacent to an activating group) is 2. The number of thioether (sulfide) groups is 2. The fourth-order valence-electron chi connectivity index (χ4n) is 14.3. The van der Waals surface area contributed by atoms with Crippen LogP contribution in [0.5, 0.6) is 0 Å². The summed E-state index contributed by atoms with van der Waals surface area (Å²) in [5, 5.41) is 36.9. The molecule has 4 saturated heterocycles. The summed E-state index contributed by atoms with van der Waals surface area (Å²) in [6, 6.07) is 29.3. The van der Waals surface area contributed by atoms with Crippen LogP contribution in [0.3, 0.4) is 0 Å². The number of carboxylic acid groups (broad SMARTS) is 1. The molecule has 8 aliphatic heterocycles. The molecule has 91 heavy (non-hydrogen) atoms. The first-order valence-electron chi connectivity index (χ1n) is 31.3. The molecule has 4 N–H and O–H groups in total. The van der Waals surface area contributed by atoms with E-state index in [-0.39, 0.29) is 72.4 Å². The third kappa shape index (κ3) is 13.3. The van der Waals surface area contributed by atoms with Crippen LogP contribution in [0.4, 0.5) is 0 Å². The van der Waals surface area contributed by atoms with Crippen molar-refractivity contribution in [1.29, 1.82) is 0 Å². The van der Waals surface area contributed by atoms with Gasteiger partial charge >= 0.3 is 5.97 Å². The quantitative estimate of drug-likeness (QED) is 0.105. The third-order valence-electron chi connectivity index (χ3n) is 19.2. The van der Waals surface area contributed by atoms with E-state index in [1.54, 1.807) is 14.7 Å². The predicted octanol–water partition coefficient (Wildman–Crippen LogP) is 11.3. The molecule has 8 aliphatic rings. The molecule has 0 saturated carbocycles. The highest BCUT2D eigenvalue weighted by molar-refractivity contribution is 8.18. The van der Waals surface area contributed by atoms with Gasteiger partial charge in [-0.2, -0.15) is 0 Å². The molecule has 0 unspecified atom stereocenters. The molecule has 488 valence electrons. The summed E-state index contributed by atoms with van der Waals surface area (Å²) < 4.78 is 0. The summed E-state index contributed by atoms with van der Waals surface area (Å²) in [7, 11) is 7.80. The Morgan fingerprint density at radius 2 is 0.945 bits per heavy atom. The SMILES string of the molecule is CC(C)C1=C(C(=O)N2[C@H](C)CC[C@H]2C(=O)N2C[C@@H](O)[C@H](N(C)C)C2)SC2=N[C@@](C)(c3ccc(Cl)cc3)[C@@H](c3ccc(Cl)cc3)N21.CC(C)C1=C(C(=O)N2[C@H](C)CC[C@H]2C(=O)O)SC2=N[C@@](C)(c3ccc(Cl)cc3)[C@@H](c3ccc(Cl)cc3)N21.CN(C)[C@@H]1CNC[C@H]1O. The lowest BCUT2D eigenvalue weighted by Crippen LogP contribution is -2.50. The number of halogens is 4. The van der Waals surface area contributed by atoms with Crippen LogP contribution < -0.4 is 5.32 Å². The maximum absolute atomic E-state index is 14.6. The van der Waals surface area contributed by atoms with E-state index in [2.05, 4.69) is 56.7 Å². The van der Waals surface area contributed by atoms with Crippen molar-refractivity contribution in [3.63, 3.8) is 0 Å². The van der Waals surface area contributed by atoms with Crippen molar-refractivity contribution in [1.82, 2.24) is 39.6 Å². The van der Waals surface area contributed by atoms with Crippen molar-refractivity contribution in [3.8, 4) is 0 Å². The Morgan fingerprint density at radius 1 is 0.560 bits per heavy atom. The van der Waals surface area contributed by atoms with E-state index < -0.39 is 35.2 Å². The highest BCUT2D eigenvalue weighted by Crippen LogP contribution is 2.59. The van der Waals surface area contributed by atoms with Crippen LogP contribution in [0.2, 0.25) is 20.1 Å². The minimum atomic E-state index is -0.959. The van der Waals surface area contributed by atoms with E-state index in [9.17, 15) is 34.5 Å². The molecule has 0 aliphatic carbocycles. The van der Waals surface area contributed by atoms with Gasteiger partial charge in [-0.15, -0.1) is 0 Å². The number of allylic oxidation sites excluding steroid dienone is 2. The molecule has 8 heterocycles. The molecule has 0 radical (unpaired) electrons. The van der Waals surface area contributed by atoms with Crippen LogP contribution in [0.1, 0.15) is 115 Å². The van der Waals surface area contributed by atoms with Crippen LogP contribution in [0.25, 0.3) is 0 Å². The Labute approximate surface area is 563 Å². The largest absolute Gasteiger partial charge is 0.480 e. The number of hydrogen-bond donors (Lipinski definition) is 4. The van der Waals surface area contributed by atoms with E-state index in [1.807, 2.05) is 149 Å². The van der Waals surface area contributed by atoms with E-state index in [4.69, 9.17) is 56.4 Å². The molecule has 12 rings (SSSR count). The average Bonchev–Trinajstić information content (AvgIpc) is 1.57. The van der Waals surface area contributed by atoms with E-state index in [1.165, 1.54) is 23.5 Å². The summed E-state index contributed by atoms with van der Waals surface area (Å²) in [6.07, 6.45) is 1.69. The van der Waals surface area contributed by atoms with E-state index >= 15 is 0 Å². The molecule has 3 amide bonds. The number of aliphatic hydroxyl groups is 2. The zero-order valence-electron chi connectivity index (χ0n) is 53.7. The molecule has 17 nitrogen and oxygen atoms in total. The van der Waals surface area contributed by atoms with Crippen molar-refractivity contribution in [3.05, 3.63) is 161 Å². The molecule has 0 bridgehead atoms. The fraction of sp³-hybridized carbons (Fsp3) is 0.500. The predicted molar refractivity (Wildman–Crippen MR) is 366 cm³/mol. The van der Waals surface area contributed by atoms with Gasteiger partial charge in [-0.3, -0.25) is 14.4 Å². The van der Waals surface area contributed by atoms with Crippen LogP contribution >= 0.6 is 69.9 Å². The smallest absolute Gasteiger partial charge is 0.326 e. The number of amidine groups is 2.